The number of benzene rings is 2. The number of amides is 1. The number of aromatic amines is 1. The van der Waals surface area contributed by atoms with E-state index in [-0.39, 0.29) is 5.91 Å². The van der Waals surface area contributed by atoms with Crippen LogP contribution in [0.15, 0.2) is 67.0 Å². The van der Waals surface area contributed by atoms with E-state index in [9.17, 15) is 4.79 Å². The molecule has 0 spiro atoms. The van der Waals surface area contributed by atoms with Gasteiger partial charge in [-0.2, -0.15) is 10.2 Å². The van der Waals surface area contributed by atoms with Crippen molar-refractivity contribution in [3.8, 4) is 11.4 Å². The Kier molecular flexibility index (Phi) is 4.40. The molecule has 1 N–H and O–H groups in total. The van der Waals surface area contributed by atoms with Crippen LogP contribution in [0.5, 0.6) is 0 Å². The summed E-state index contributed by atoms with van der Waals surface area (Å²) in [5.74, 6) is 0.593. The van der Waals surface area contributed by atoms with Gasteiger partial charge in [0.1, 0.15) is 6.33 Å². The third kappa shape index (κ3) is 3.42. The van der Waals surface area contributed by atoms with E-state index in [2.05, 4.69) is 33.4 Å². The molecule has 0 saturated heterocycles. The lowest BCUT2D eigenvalue weighted by atomic mass is 10.1. The SMILES string of the molecule is O=C(c1ccccc1-c1ncn[nH]1)N1CCn2nc(Cc3ccccc3)cc2C1. The average Bonchev–Trinajstić information content (AvgIpc) is 3.43. The van der Waals surface area contributed by atoms with Gasteiger partial charge in [-0.1, -0.05) is 48.5 Å². The molecule has 1 aliphatic rings. The Balaban J connectivity index is 1.37. The van der Waals surface area contributed by atoms with Crippen LogP contribution in [-0.4, -0.2) is 42.3 Å². The number of nitrogens with one attached hydrogen (secondary N) is 1. The van der Waals surface area contributed by atoms with Crippen LogP contribution >= 0.6 is 0 Å². The second-order valence-corrected chi connectivity index (χ2v) is 7.12. The molecule has 1 amide bonds. The van der Waals surface area contributed by atoms with Crippen LogP contribution in [0, 0.1) is 0 Å². The predicted molar refractivity (Wildman–Crippen MR) is 108 cm³/mol. The summed E-state index contributed by atoms with van der Waals surface area (Å²) in [7, 11) is 0. The highest BCUT2D eigenvalue weighted by Crippen LogP contribution is 2.23. The van der Waals surface area contributed by atoms with Crippen LogP contribution in [0.25, 0.3) is 11.4 Å². The number of rotatable bonds is 4. The molecule has 0 aliphatic carbocycles. The molecule has 7 heteroatoms. The summed E-state index contributed by atoms with van der Waals surface area (Å²) < 4.78 is 2.02. The highest BCUT2D eigenvalue weighted by atomic mass is 16.2. The third-order valence-corrected chi connectivity index (χ3v) is 5.19. The lowest BCUT2D eigenvalue weighted by molar-refractivity contribution is 0.0707. The first-order valence-electron chi connectivity index (χ1n) is 9.61. The molecule has 2 aromatic carbocycles. The van der Waals surface area contributed by atoms with Gasteiger partial charge in [-0.15, -0.1) is 0 Å². The summed E-state index contributed by atoms with van der Waals surface area (Å²) in [5.41, 5.74) is 4.72. The van der Waals surface area contributed by atoms with Crippen LogP contribution in [0.4, 0.5) is 0 Å². The molecule has 144 valence electrons. The normalized spacial score (nSPS) is 13.3. The molecule has 3 heterocycles. The van der Waals surface area contributed by atoms with E-state index in [1.165, 1.54) is 11.9 Å². The van der Waals surface area contributed by atoms with Gasteiger partial charge in [0.2, 0.25) is 0 Å². The van der Waals surface area contributed by atoms with E-state index in [0.29, 0.717) is 31.0 Å². The highest BCUT2D eigenvalue weighted by molar-refractivity contribution is 6.00. The summed E-state index contributed by atoms with van der Waals surface area (Å²) in [6.45, 7) is 1.87. The van der Waals surface area contributed by atoms with Crippen molar-refractivity contribution in [1.82, 2.24) is 29.9 Å². The molecule has 4 aromatic rings. The highest BCUT2D eigenvalue weighted by Gasteiger charge is 2.25. The predicted octanol–water partition coefficient (Wildman–Crippen LogP) is 2.92. The summed E-state index contributed by atoms with van der Waals surface area (Å²) in [6, 6.07) is 19.9. The first-order valence-corrected chi connectivity index (χ1v) is 9.61. The molecule has 0 atom stereocenters. The fourth-order valence-electron chi connectivity index (χ4n) is 3.77. The Hall–Kier alpha value is -3.74. The average molecular weight is 384 g/mol. The second kappa shape index (κ2) is 7.35. The molecular formula is C22H20N6O. The van der Waals surface area contributed by atoms with Gasteiger partial charge in [-0.05, 0) is 17.7 Å². The van der Waals surface area contributed by atoms with E-state index < -0.39 is 0 Å². The number of nitrogens with zero attached hydrogens (tertiary/aromatic N) is 5. The fourth-order valence-corrected chi connectivity index (χ4v) is 3.77. The van der Waals surface area contributed by atoms with Crippen molar-refractivity contribution < 1.29 is 4.79 Å². The summed E-state index contributed by atoms with van der Waals surface area (Å²) in [6.07, 6.45) is 2.24. The molecule has 0 radical (unpaired) electrons. The minimum atomic E-state index is -0.00550. The van der Waals surface area contributed by atoms with E-state index in [0.717, 1.165) is 23.4 Å². The maximum Gasteiger partial charge on any atom is 0.255 e. The van der Waals surface area contributed by atoms with Crippen LogP contribution < -0.4 is 0 Å². The van der Waals surface area contributed by atoms with Gasteiger partial charge in [0.25, 0.3) is 5.91 Å². The number of hydrogen-bond acceptors (Lipinski definition) is 4. The first-order chi connectivity index (χ1) is 14.3. The van der Waals surface area contributed by atoms with E-state index >= 15 is 0 Å². The first kappa shape index (κ1) is 17.4. The zero-order valence-electron chi connectivity index (χ0n) is 15.8. The standard InChI is InChI=1S/C22H20N6O/c29-22(20-9-5-4-8-19(20)21-23-15-24-25-21)27-10-11-28-18(14-27)13-17(26-28)12-16-6-2-1-3-7-16/h1-9,13,15H,10-12,14H2,(H,23,24,25). The molecule has 0 fully saturated rings. The topological polar surface area (TPSA) is 79.7 Å². The molecule has 0 bridgehead atoms. The zero-order valence-corrected chi connectivity index (χ0v) is 15.8. The van der Waals surface area contributed by atoms with Crippen molar-refractivity contribution >= 4 is 5.91 Å². The largest absolute Gasteiger partial charge is 0.331 e. The second-order valence-electron chi connectivity index (χ2n) is 7.12. The van der Waals surface area contributed by atoms with Gasteiger partial charge in [-0.25, -0.2) is 4.98 Å². The number of fused-ring (bicyclic) bond motifs is 1. The van der Waals surface area contributed by atoms with Crippen LogP contribution in [0.1, 0.15) is 27.3 Å². The number of aromatic nitrogens is 5. The van der Waals surface area contributed by atoms with Gasteiger partial charge < -0.3 is 4.90 Å². The fraction of sp³-hybridized carbons (Fsp3) is 0.182. The number of carbonyl (C=O) groups excluding carboxylic acids is 1. The molecule has 2 aromatic heterocycles. The van der Waals surface area contributed by atoms with Crippen LogP contribution in [0.3, 0.4) is 0 Å². The number of hydrogen-bond donors (Lipinski definition) is 1. The van der Waals surface area contributed by atoms with Crippen LogP contribution in [0.2, 0.25) is 0 Å². The summed E-state index contributed by atoms with van der Waals surface area (Å²) in [4.78, 5) is 19.3. The van der Waals surface area contributed by atoms with Crippen molar-refractivity contribution in [1.29, 1.82) is 0 Å². The Morgan fingerprint density at radius 2 is 1.86 bits per heavy atom. The van der Waals surface area contributed by atoms with Crippen molar-refractivity contribution in [2.75, 3.05) is 6.54 Å². The van der Waals surface area contributed by atoms with Crippen molar-refractivity contribution in [2.24, 2.45) is 0 Å². The molecular weight excluding hydrogens is 364 g/mol. The molecule has 0 saturated carbocycles. The Labute approximate surface area is 168 Å². The lowest BCUT2D eigenvalue weighted by Crippen LogP contribution is -2.38. The van der Waals surface area contributed by atoms with Gasteiger partial charge >= 0.3 is 0 Å². The number of carbonyl (C=O) groups is 1. The van der Waals surface area contributed by atoms with Gasteiger partial charge in [-0.3, -0.25) is 14.6 Å². The Bertz CT molecular complexity index is 1130. The van der Waals surface area contributed by atoms with Crippen LogP contribution in [-0.2, 0) is 19.5 Å². The number of H-pyrrole nitrogens is 1. The lowest BCUT2D eigenvalue weighted by Gasteiger charge is -2.28. The van der Waals surface area contributed by atoms with Gasteiger partial charge in [0, 0.05) is 18.5 Å². The van der Waals surface area contributed by atoms with Crippen molar-refractivity contribution in [2.45, 2.75) is 19.5 Å². The molecule has 29 heavy (non-hydrogen) atoms. The summed E-state index contributed by atoms with van der Waals surface area (Å²) in [5, 5.41) is 11.5. The molecule has 1 aliphatic heterocycles. The quantitative estimate of drug-likeness (QED) is 0.587. The smallest absolute Gasteiger partial charge is 0.255 e. The van der Waals surface area contributed by atoms with E-state index in [1.807, 2.05) is 52.0 Å². The summed E-state index contributed by atoms with van der Waals surface area (Å²) >= 11 is 0. The van der Waals surface area contributed by atoms with Crippen molar-refractivity contribution in [3.63, 3.8) is 0 Å². The minimum Gasteiger partial charge on any atom is -0.331 e. The molecule has 5 rings (SSSR count). The third-order valence-electron chi connectivity index (χ3n) is 5.19. The van der Waals surface area contributed by atoms with Gasteiger partial charge in [0.15, 0.2) is 5.82 Å². The maximum atomic E-state index is 13.3. The zero-order chi connectivity index (χ0) is 19.6. The van der Waals surface area contributed by atoms with E-state index in [1.54, 1.807) is 0 Å². The monoisotopic (exact) mass is 384 g/mol. The van der Waals surface area contributed by atoms with Gasteiger partial charge in [0.05, 0.1) is 30.0 Å². The van der Waals surface area contributed by atoms with Crippen molar-refractivity contribution in [3.05, 3.63) is 89.5 Å². The Morgan fingerprint density at radius 3 is 2.69 bits per heavy atom. The minimum absolute atomic E-state index is 0.00550. The molecule has 0 unspecified atom stereocenters. The van der Waals surface area contributed by atoms with E-state index in [4.69, 9.17) is 5.10 Å². The maximum absolute atomic E-state index is 13.3. The Morgan fingerprint density at radius 1 is 1.03 bits per heavy atom. The molecule has 7 nitrogen and oxygen atoms in total.